The molecule has 0 spiro atoms. The zero-order chi connectivity index (χ0) is 23.0. The monoisotopic (exact) mass is 443 g/mol. The highest BCUT2D eigenvalue weighted by atomic mass is 16.5. The number of hydrogen-bond acceptors (Lipinski definition) is 8. The van der Waals surface area contributed by atoms with Gasteiger partial charge >= 0.3 is 0 Å². The molecule has 0 aliphatic carbocycles. The Kier molecular flexibility index (Phi) is 5.18. The molecule has 4 aromatic rings. The highest BCUT2D eigenvalue weighted by Gasteiger charge is 2.35. The number of hydrogen-bond donors (Lipinski definition) is 3. The van der Waals surface area contributed by atoms with Gasteiger partial charge in [-0.05, 0) is 30.3 Å². The molecule has 0 amide bonds. The summed E-state index contributed by atoms with van der Waals surface area (Å²) in [7, 11) is 3.54. The van der Waals surface area contributed by atoms with E-state index in [9.17, 15) is 5.11 Å². The predicted octanol–water partition coefficient (Wildman–Crippen LogP) is 3.37. The van der Waals surface area contributed by atoms with E-state index in [0.29, 0.717) is 18.2 Å². The molecular formula is C24H25N7O2. The van der Waals surface area contributed by atoms with Crippen LogP contribution in [0.25, 0.3) is 22.5 Å². The minimum absolute atomic E-state index is 0.0450. The molecule has 1 atom stereocenters. The van der Waals surface area contributed by atoms with Gasteiger partial charge in [-0.15, -0.1) is 0 Å². The van der Waals surface area contributed by atoms with Gasteiger partial charge in [-0.25, -0.2) is 15.0 Å². The van der Waals surface area contributed by atoms with Crippen molar-refractivity contribution >= 4 is 17.5 Å². The maximum Gasteiger partial charge on any atom is 0.227 e. The molecule has 5 rings (SSSR count). The van der Waals surface area contributed by atoms with E-state index in [4.69, 9.17) is 4.74 Å². The van der Waals surface area contributed by atoms with E-state index in [1.807, 2.05) is 55.1 Å². The molecule has 0 fully saturated rings. The first kappa shape index (κ1) is 20.9. The first-order valence-electron chi connectivity index (χ1n) is 10.6. The van der Waals surface area contributed by atoms with Crippen LogP contribution in [0, 0.1) is 0 Å². The molecule has 1 aliphatic rings. The van der Waals surface area contributed by atoms with Crippen molar-refractivity contribution in [3.63, 3.8) is 0 Å². The fourth-order valence-electron chi connectivity index (χ4n) is 4.03. The Morgan fingerprint density at radius 1 is 1.15 bits per heavy atom. The van der Waals surface area contributed by atoms with Crippen LogP contribution in [0.4, 0.5) is 17.5 Å². The largest absolute Gasteiger partial charge is 0.495 e. The Morgan fingerprint density at radius 2 is 2.03 bits per heavy atom. The molecule has 168 valence electrons. The Bertz CT molecular complexity index is 1320. The van der Waals surface area contributed by atoms with Crippen LogP contribution < -0.4 is 15.4 Å². The zero-order valence-electron chi connectivity index (χ0n) is 18.7. The molecular weight excluding hydrogens is 418 g/mol. The Hall–Kier alpha value is -3.98. The fourth-order valence-corrected chi connectivity index (χ4v) is 4.03. The number of aryl methyl sites for hydroxylation is 1. The molecule has 3 N–H and O–H groups in total. The lowest BCUT2D eigenvalue weighted by atomic mass is 9.85. The van der Waals surface area contributed by atoms with E-state index >= 15 is 0 Å². The first-order chi connectivity index (χ1) is 16.0. The summed E-state index contributed by atoms with van der Waals surface area (Å²) in [5, 5.41) is 20.6. The number of aromatic nitrogens is 5. The third-order valence-corrected chi connectivity index (χ3v) is 6.05. The second-order valence-electron chi connectivity index (χ2n) is 8.34. The average molecular weight is 444 g/mol. The van der Waals surface area contributed by atoms with Crippen LogP contribution in [0.5, 0.6) is 5.75 Å². The van der Waals surface area contributed by atoms with E-state index < -0.39 is 0 Å². The van der Waals surface area contributed by atoms with E-state index in [-0.39, 0.29) is 12.0 Å². The molecule has 9 nitrogen and oxygen atoms in total. The number of nitrogens with zero attached hydrogens (tertiary/aromatic N) is 5. The van der Waals surface area contributed by atoms with Crippen LogP contribution in [-0.2, 0) is 12.5 Å². The molecule has 1 aliphatic heterocycles. The topological polar surface area (TPSA) is 110 Å². The van der Waals surface area contributed by atoms with Crippen molar-refractivity contribution < 1.29 is 9.84 Å². The summed E-state index contributed by atoms with van der Waals surface area (Å²) in [6.07, 6.45) is 5.25. The van der Waals surface area contributed by atoms with Crippen molar-refractivity contribution in [2.75, 3.05) is 30.9 Å². The van der Waals surface area contributed by atoms with Gasteiger partial charge in [-0.3, -0.25) is 4.68 Å². The maximum atomic E-state index is 9.87. The van der Waals surface area contributed by atoms with Crippen molar-refractivity contribution in [3.8, 4) is 28.3 Å². The van der Waals surface area contributed by atoms with Gasteiger partial charge in [-0.2, -0.15) is 5.10 Å². The molecule has 1 unspecified atom stereocenters. The van der Waals surface area contributed by atoms with Gasteiger partial charge < -0.3 is 20.5 Å². The van der Waals surface area contributed by atoms with Gasteiger partial charge in [0, 0.05) is 54.3 Å². The normalized spacial score (nSPS) is 16.8. The van der Waals surface area contributed by atoms with Crippen molar-refractivity contribution in [2.45, 2.75) is 12.3 Å². The van der Waals surface area contributed by atoms with Crippen molar-refractivity contribution in [2.24, 2.45) is 7.05 Å². The number of nitrogens with one attached hydrogen (secondary N) is 2. The van der Waals surface area contributed by atoms with Gasteiger partial charge in [0.25, 0.3) is 0 Å². The number of rotatable bonds is 6. The highest BCUT2D eigenvalue weighted by molar-refractivity contribution is 5.72. The summed E-state index contributed by atoms with van der Waals surface area (Å²) in [5.41, 5.74) is 4.97. The SMILES string of the molecule is COc1cc(-c2ccnn2C)ccc1Nc1nccc(-c2cnc3c(c2)C(C)(CO)CN3)n1. The van der Waals surface area contributed by atoms with Crippen molar-refractivity contribution in [3.05, 3.63) is 60.6 Å². The number of benzene rings is 1. The van der Waals surface area contributed by atoms with Gasteiger partial charge in [0.2, 0.25) is 5.95 Å². The second-order valence-corrected chi connectivity index (χ2v) is 8.34. The third kappa shape index (κ3) is 3.76. The lowest BCUT2D eigenvalue weighted by Crippen LogP contribution is -2.28. The van der Waals surface area contributed by atoms with Crippen molar-refractivity contribution in [1.29, 1.82) is 0 Å². The summed E-state index contributed by atoms with van der Waals surface area (Å²) in [6, 6.07) is 11.7. The second kappa shape index (κ2) is 8.18. The predicted molar refractivity (Wildman–Crippen MR) is 127 cm³/mol. The lowest BCUT2D eigenvalue weighted by molar-refractivity contribution is 0.218. The molecule has 33 heavy (non-hydrogen) atoms. The quantitative estimate of drug-likeness (QED) is 0.416. The summed E-state index contributed by atoms with van der Waals surface area (Å²) in [6.45, 7) is 2.72. The maximum absolute atomic E-state index is 9.87. The Labute approximate surface area is 191 Å². The molecule has 0 saturated heterocycles. The summed E-state index contributed by atoms with van der Waals surface area (Å²) in [5.74, 6) is 1.93. The highest BCUT2D eigenvalue weighted by Crippen LogP contribution is 2.37. The number of methoxy groups -OCH3 is 1. The van der Waals surface area contributed by atoms with E-state index in [1.165, 1.54) is 0 Å². The number of aliphatic hydroxyl groups excluding tert-OH is 1. The Morgan fingerprint density at radius 3 is 2.79 bits per heavy atom. The van der Waals surface area contributed by atoms with E-state index in [0.717, 1.165) is 39.6 Å². The smallest absolute Gasteiger partial charge is 0.227 e. The van der Waals surface area contributed by atoms with E-state index in [1.54, 1.807) is 25.7 Å². The average Bonchev–Trinajstić information content (AvgIpc) is 3.43. The molecule has 4 heterocycles. The van der Waals surface area contributed by atoms with Crippen LogP contribution in [0.3, 0.4) is 0 Å². The van der Waals surface area contributed by atoms with Crippen LogP contribution in [0.15, 0.2) is 55.0 Å². The summed E-state index contributed by atoms with van der Waals surface area (Å²) < 4.78 is 7.42. The fraction of sp³-hybridized carbons (Fsp3) is 0.250. The summed E-state index contributed by atoms with van der Waals surface area (Å²) >= 11 is 0. The molecule has 9 heteroatoms. The van der Waals surface area contributed by atoms with Gasteiger partial charge in [0.15, 0.2) is 0 Å². The standard InChI is InChI=1S/C24H25N7O2/c1-24(14-32)13-27-22-17(24)10-16(12-26-22)18-6-8-25-23(29-18)30-19-5-4-15(11-21(19)33-3)20-7-9-28-31(20)2/h4-12,32H,13-14H2,1-3H3,(H,26,27)(H,25,29,30). The molecule has 3 aromatic heterocycles. The molecule has 0 bridgehead atoms. The third-order valence-electron chi connectivity index (χ3n) is 6.05. The van der Waals surface area contributed by atoms with Gasteiger partial charge in [0.1, 0.15) is 11.6 Å². The minimum Gasteiger partial charge on any atom is -0.495 e. The van der Waals surface area contributed by atoms with Gasteiger partial charge in [-0.1, -0.05) is 13.0 Å². The molecule has 0 radical (unpaired) electrons. The van der Waals surface area contributed by atoms with Gasteiger partial charge in [0.05, 0.1) is 30.8 Å². The number of ether oxygens (including phenoxy) is 1. The number of fused-ring (bicyclic) bond motifs is 1. The number of anilines is 3. The van der Waals surface area contributed by atoms with Crippen LogP contribution in [0.2, 0.25) is 0 Å². The van der Waals surface area contributed by atoms with Crippen LogP contribution in [0.1, 0.15) is 12.5 Å². The Balaban J connectivity index is 1.44. The minimum atomic E-state index is -0.366. The number of pyridine rings is 1. The van der Waals surface area contributed by atoms with Crippen LogP contribution in [-0.4, -0.2) is 50.1 Å². The van der Waals surface area contributed by atoms with Crippen molar-refractivity contribution in [1.82, 2.24) is 24.7 Å². The summed E-state index contributed by atoms with van der Waals surface area (Å²) in [4.78, 5) is 13.6. The molecule has 0 saturated carbocycles. The lowest BCUT2D eigenvalue weighted by Gasteiger charge is -2.20. The van der Waals surface area contributed by atoms with E-state index in [2.05, 4.69) is 30.7 Å². The molecule has 1 aromatic carbocycles. The van der Waals surface area contributed by atoms with Crippen LogP contribution >= 0.6 is 0 Å². The zero-order valence-corrected chi connectivity index (χ0v) is 18.7. The number of aliphatic hydroxyl groups is 1. The first-order valence-corrected chi connectivity index (χ1v) is 10.6.